The summed E-state index contributed by atoms with van der Waals surface area (Å²) in [5.74, 6) is 0.460. The number of benzene rings is 1. The number of phenols is 1. The summed E-state index contributed by atoms with van der Waals surface area (Å²) in [5.41, 5.74) is 0.0371. The van der Waals surface area contributed by atoms with Crippen LogP contribution in [0.15, 0.2) is 23.2 Å². The monoisotopic (exact) mass is 221 g/mol. The molecule has 1 rings (SSSR count). The molecule has 1 aromatic rings. The fraction of sp³-hybridized carbons (Fsp3) is 0.333. The average Bonchev–Trinajstić information content (AvgIpc) is 2.28. The molecule has 0 aliphatic carbocycles. The van der Waals surface area contributed by atoms with Crippen molar-refractivity contribution in [2.75, 3.05) is 7.11 Å². The SMILES string of the molecule is COc1cc(C=NC(C)(C)C=O)ccc1O. The number of aldehydes is 1. The maximum atomic E-state index is 10.6. The van der Waals surface area contributed by atoms with E-state index >= 15 is 0 Å². The molecule has 0 saturated carbocycles. The van der Waals surface area contributed by atoms with Crippen LogP contribution in [0.25, 0.3) is 0 Å². The van der Waals surface area contributed by atoms with Gasteiger partial charge in [0.05, 0.1) is 7.11 Å². The molecular formula is C12H15NO3. The highest BCUT2D eigenvalue weighted by Gasteiger charge is 2.12. The number of ether oxygens (including phenoxy) is 1. The van der Waals surface area contributed by atoms with Gasteiger partial charge in [-0.25, -0.2) is 0 Å². The Bertz CT molecular complexity index is 411. The molecule has 0 saturated heterocycles. The number of aromatic hydroxyl groups is 1. The Morgan fingerprint density at radius 3 is 2.69 bits per heavy atom. The minimum atomic E-state index is -0.731. The highest BCUT2D eigenvalue weighted by molar-refractivity contribution is 5.83. The highest BCUT2D eigenvalue weighted by Crippen LogP contribution is 2.25. The third-order valence-electron chi connectivity index (χ3n) is 2.04. The number of aliphatic imine (C=N–C) groups is 1. The topological polar surface area (TPSA) is 58.9 Å². The Balaban J connectivity index is 2.94. The molecule has 0 heterocycles. The summed E-state index contributed by atoms with van der Waals surface area (Å²) in [6.45, 7) is 3.43. The van der Waals surface area contributed by atoms with Gasteiger partial charge >= 0.3 is 0 Å². The van der Waals surface area contributed by atoms with Crippen molar-refractivity contribution >= 4 is 12.5 Å². The quantitative estimate of drug-likeness (QED) is 0.623. The van der Waals surface area contributed by atoms with Gasteiger partial charge in [-0.1, -0.05) is 0 Å². The number of rotatable bonds is 4. The van der Waals surface area contributed by atoms with Crippen molar-refractivity contribution in [2.24, 2.45) is 4.99 Å². The fourth-order valence-corrected chi connectivity index (χ4v) is 1.05. The number of hydrogen-bond acceptors (Lipinski definition) is 4. The predicted molar refractivity (Wildman–Crippen MR) is 62.4 cm³/mol. The number of hydrogen-bond donors (Lipinski definition) is 1. The van der Waals surface area contributed by atoms with Crippen molar-refractivity contribution in [2.45, 2.75) is 19.4 Å². The normalized spacial score (nSPS) is 11.7. The summed E-state index contributed by atoms with van der Waals surface area (Å²) in [7, 11) is 1.48. The summed E-state index contributed by atoms with van der Waals surface area (Å²) in [5, 5.41) is 9.38. The van der Waals surface area contributed by atoms with E-state index in [1.54, 1.807) is 32.2 Å². The van der Waals surface area contributed by atoms with E-state index in [0.29, 0.717) is 5.75 Å². The standard InChI is InChI=1S/C12H15NO3/c1-12(2,8-14)13-7-9-4-5-10(15)11(6-9)16-3/h4-8,15H,1-3H3. The van der Waals surface area contributed by atoms with Gasteiger partial charge in [0, 0.05) is 6.21 Å². The maximum absolute atomic E-state index is 10.6. The zero-order chi connectivity index (χ0) is 12.2. The summed E-state index contributed by atoms with van der Waals surface area (Å²) >= 11 is 0. The van der Waals surface area contributed by atoms with E-state index in [0.717, 1.165) is 11.8 Å². The molecular weight excluding hydrogens is 206 g/mol. The lowest BCUT2D eigenvalue weighted by atomic mass is 10.1. The number of methoxy groups -OCH3 is 1. The van der Waals surface area contributed by atoms with Gasteiger partial charge in [0.1, 0.15) is 11.8 Å². The summed E-state index contributed by atoms with van der Waals surface area (Å²) in [6.07, 6.45) is 2.36. The third kappa shape index (κ3) is 3.08. The van der Waals surface area contributed by atoms with Crippen LogP contribution in [0.5, 0.6) is 11.5 Å². The summed E-state index contributed by atoms with van der Waals surface area (Å²) in [4.78, 5) is 14.8. The van der Waals surface area contributed by atoms with Crippen molar-refractivity contribution < 1.29 is 14.6 Å². The Morgan fingerprint density at radius 2 is 2.12 bits per heavy atom. The molecule has 0 radical (unpaired) electrons. The van der Waals surface area contributed by atoms with E-state index in [1.165, 1.54) is 13.2 Å². The second-order valence-electron chi connectivity index (χ2n) is 3.96. The number of nitrogens with zero attached hydrogens (tertiary/aromatic N) is 1. The first kappa shape index (κ1) is 12.2. The van der Waals surface area contributed by atoms with Gasteiger partial charge < -0.3 is 14.6 Å². The van der Waals surface area contributed by atoms with E-state index < -0.39 is 5.54 Å². The molecule has 86 valence electrons. The van der Waals surface area contributed by atoms with Gasteiger partial charge in [0.15, 0.2) is 11.5 Å². The van der Waals surface area contributed by atoms with Crippen LogP contribution in [0.2, 0.25) is 0 Å². The average molecular weight is 221 g/mol. The van der Waals surface area contributed by atoms with Crippen LogP contribution in [0, 0.1) is 0 Å². The van der Waals surface area contributed by atoms with Crippen LogP contribution in [0.3, 0.4) is 0 Å². The molecule has 0 amide bonds. The molecule has 16 heavy (non-hydrogen) atoms. The minimum Gasteiger partial charge on any atom is -0.504 e. The van der Waals surface area contributed by atoms with Crippen LogP contribution in [-0.2, 0) is 4.79 Å². The Morgan fingerprint density at radius 1 is 1.44 bits per heavy atom. The molecule has 0 bridgehead atoms. The van der Waals surface area contributed by atoms with Crippen molar-refractivity contribution in [1.82, 2.24) is 0 Å². The van der Waals surface area contributed by atoms with Crippen LogP contribution in [0.1, 0.15) is 19.4 Å². The van der Waals surface area contributed by atoms with Gasteiger partial charge in [-0.05, 0) is 37.6 Å². The lowest BCUT2D eigenvalue weighted by Crippen LogP contribution is -2.18. The Kier molecular flexibility index (Phi) is 3.66. The van der Waals surface area contributed by atoms with Crippen LogP contribution in [0.4, 0.5) is 0 Å². The predicted octanol–water partition coefficient (Wildman–Crippen LogP) is 1.80. The first-order valence-corrected chi connectivity index (χ1v) is 4.87. The number of phenolic OH excluding ortho intramolecular Hbond substituents is 1. The molecule has 0 aliphatic heterocycles. The van der Waals surface area contributed by atoms with Crippen molar-refractivity contribution in [3.63, 3.8) is 0 Å². The maximum Gasteiger partial charge on any atom is 0.161 e. The minimum absolute atomic E-state index is 0.0781. The van der Waals surface area contributed by atoms with E-state index in [1.807, 2.05) is 0 Å². The van der Waals surface area contributed by atoms with Gasteiger partial charge in [-0.2, -0.15) is 0 Å². The second kappa shape index (κ2) is 4.79. The van der Waals surface area contributed by atoms with Gasteiger partial charge in [0.25, 0.3) is 0 Å². The van der Waals surface area contributed by atoms with Crippen LogP contribution >= 0.6 is 0 Å². The molecule has 0 unspecified atom stereocenters. The molecule has 0 aliphatic rings. The van der Waals surface area contributed by atoms with Crippen LogP contribution in [-0.4, -0.2) is 30.3 Å². The zero-order valence-electron chi connectivity index (χ0n) is 9.60. The zero-order valence-corrected chi connectivity index (χ0v) is 9.60. The smallest absolute Gasteiger partial charge is 0.161 e. The second-order valence-corrected chi connectivity index (χ2v) is 3.96. The first-order valence-electron chi connectivity index (χ1n) is 4.87. The molecule has 0 atom stereocenters. The number of carbonyl (C=O) groups excluding carboxylic acids is 1. The highest BCUT2D eigenvalue weighted by atomic mass is 16.5. The van der Waals surface area contributed by atoms with E-state index in [4.69, 9.17) is 4.74 Å². The summed E-state index contributed by atoms with van der Waals surface area (Å²) in [6, 6.07) is 4.87. The van der Waals surface area contributed by atoms with Crippen molar-refractivity contribution in [3.05, 3.63) is 23.8 Å². The van der Waals surface area contributed by atoms with E-state index in [-0.39, 0.29) is 5.75 Å². The largest absolute Gasteiger partial charge is 0.504 e. The van der Waals surface area contributed by atoms with Gasteiger partial charge in [-0.3, -0.25) is 4.99 Å². The molecule has 1 aromatic carbocycles. The lowest BCUT2D eigenvalue weighted by Gasteiger charge is -2.09. The van der Waals surface area contributed by atoms with E-state index in [2.05, 4.69) is 4.99 Å². The van der Waals surface area contributed by atoms with Gasteiger partial charge in [-0.15, -0.1) is 0 Å². The first-order chi connectivity index (χ1) is 7.48. The number of carbonyl (C=O) groups is 1. The molecule has 4 nitrogen and oxygen atoms in total. The van der Waals surface area contributed by atoms with Gasteiger partial charge in [0.2, 0.25) is 0 Å². The third-order valence-corrected chi connectivity index (χ3v) is 2.04. The molecule has 0 aromatic heterocycles. The molecule has 4 heteroatoms. The van der Waals surface area contributed by atoms with E-state index in [9.17, 15) is 9.90 Å². The lowest BCUT2D eigenvalue weighted by molar-refractivity contribution is -0.111. The van der Waals surface area contributed by atoms with Crippen molar-refractivity contribution in [3.8, 4) is 11.5 Å². The fourth-order valence-electron chi connectivity index (χ4n) is 1.05. The van der Waals surface area contributed by atoms with Crippen LogP contribution < -0.4 is 4.74 Å². The Labute approximate surface area is 94.6 Å². The molecule has 1 N–H and O–H groups in total. The van der Waals surface area contributed by atoms with Crippen molar-refractivity contribution in [1.29, 1.82) is 0 Å². The molecule has 0 fully saturated rings. The molecule has 0 spiro atoms. The Hall–Kier alpha value is -1.84. The summed E-state index contributed by atoms with van der Waals surface area (Å²) < 4.78 is 4.96.